The quantitative estimate of drug-likeness (QED) is 0.880. The lowest BCUT2D eigenvalue weighted by Crippen LogP contribution is -2.30. The molecule has 0 aliphatic carbocycles. The number of rotatable bonds is 3. The van der Waals surface area contributed by atoms with Crippen molar-refractivity contribution in [3.05, 3.63) is 29.3 Å². The number of carbonyl (C=O) groups is 1. The third-order valence-electron chi connectivity index (χ3n) is 3.49. The Balaban J connectivity index is 2.21. The minimum atomic E-state index is 0.0477. The molecule has 1 saturated heterocycles. The summed E-state index contributed by atoms with van der Waals surface area (Å²) in [6.45, 7) is 4.17. The van der Waals surface area contributed by atoms with Crippen LogP contribution >= 0.6 is 0 Å². The van der Waals surface area contributed by atoms with E-state index in [0.29, 0.717) is 23.8 Å². The van der Waals surface area contributed by atoms with E-state index in [1.165, 1.54) is 0 Å². The van der Waals surface area contributed by atoms with Crippen LogP contribution in [0.2, 0.25) is 0 Å². The summed E-state index contributed by atoms with van der Waals surface area (Å²) >= 11 is 0. The monoisotopic (exact) mass is 248 g/mol. The summed E-state index contributed by atoms with van der Waals surface area (Å²) in [6, 6.07) is 5.68. The fraction of sp³-hybridized carbons (Fsp3) is 0.500. The van der Waals surface area contributed by atoms with Crippen LogP contribution in [0.1, 0.15) is 22.3 Å². The Morgan fingerprint density at radius 3 is 2.94 bits per heavy atom. The Hall–Kier alpha value is -1.55. The van der Waals surface area contributed by atoms with Gasteiger partial charge in [-0.05, 0) is 37.9 Å². The Labute approximate surface area is 108 Å². The molecule has 2 rings (SSSR count). The molecule has 4 heteroatoms. The first kappa shape index (κ1) is 12.9. The summed E-state index contributed by atoms with van der Waals surface area (Å²) in [5.74, 6) is 1.12. The van der Waals surface area contributed by atoms with Crippen molar-refractivity contribution in [2.24, 2.45) is 11.7 Å². The van der Waals surface area contributed by atoms with Crippen molar-refractivity contribution in [3.8, 4) is 5.75 Å². The van der Waals surface area contributed by atoms with Crippen molar-refractivity contribution >= 4 is 5.91 Å². The summed E-state index contributed by atoms with van der Waals surface area (Å²) in [7, 11) is 1.59. The van der Waals surface area contributed by atoms with Gasteiger partial charge in [0.15, 0.2) is 0 Å². The number of amides is 1. The van der Waals surface area contributed by atoms with Crippen molar-refractivity contribution in [1.82, 2.24) is 4.90 Å². The minimum absolute atomic E-state index is 0.0477. The van der Waals surface area contributed by atoms with E-state index in [1.807, 2.05) is 30.0 Å². The standard InChI is InChI=1S/C14H20N2O2/c1-10-3-4-13(18-2)12(7-10)14(17)16-6-5-11(8-15)9-16/h3-4,7,11H,5-6,8-9,15H2,1-2H3. The predicted molar refractivity (Wildman–Crippen MR) is 70.8 cm³/mol. The summed E-state index contributed by atoms with van der Waals surface area (Å²) in [4.78, 5) is 14.3. The molecule has 1 aliphatic heterocycles. The molecule has 1 aliphatic rings. The molecule has 1 heterocycles. The van der Waals surface area contributed by atoms with Crippen molar-refractivity contribution < 1.29 is 9.53 Å². The van der Waals surface area contributed by atoms with Gasteiger partial charge in [-0.25, -0.2) is 0 Å². The smallest absolute Gasteiger partial charge is 0.257 e. The van der Waals surface area contributed by atoms with Crippen LogP contribution in [0, 0.1) is 12.8 Å². The molecule has 2 N–H and O–H groups in total. The number of likely N-dealkylation sites (tertiary alicyclic amines) is 1. The number of nitrogens with two attached hydrogens (primary N) is 1. The number of carbonyl (C=O) groups excluding carboxylic acids is 1. The Kier molecular flexibility index (Phi) is 3.87. The highest BCUT2D eigenvalue weighted by molar-refractivity contribution is 5.97. The Morgan fingerprint density at radius 2 is 2.33 bits per heavy atom. The number of ether oxygens (including phenoxy) is 1. The third kappa shape index (κ3) is 2.48. The third-order valence-corrected chi connectivity index (χ3v) is 3.49. The molecule has 1 fully saturated rings. The zero-order valence-corrected chi connectivity index (χ0v) is 11.0. The second-order valence-corrected chi connectivity index (χ2v) is 4.85. The number of hydrogen-bond donors (Lipinski definition) is 1. The molecule has 0 bridgehead atoms. The number of aryl methyl sites for hydroxylation is 1. The fourth-order valence-electron chi connectivity index (χ4n) is 2.37. The second-order valence-electron chi connectivity index (χ2n) is 4.85. The van der Waals surface area contributed by atoms with Gasteiger partial charge in [-0.1, -0.05) is 11.6 Å². The van der Waals surface area contributed by atoms with Crippen molar-refractivity contribution in [3.63, 3.8) is 0 Å². The summed E-state index contributed by atoms with van der Waals surface area (Å²) in [6.07, 6.45) is 0.996. The molecule has 18 heavy (non-hydrogen) atoms. The lowest BCUT2D eigenvalue weighted by atomic mass is 10.1. The summed E-state index contributed by atoms with van der Waals surface area (Å²) in [5.41, 5.74) is 7.36. The summed E-state index contributed by atoms with van der Waals surface area (Å²) in [5, 5.41) is 0. The molecule has 1 atom stereocenters. The first-order valence-corrected chi connectivity index (χ1v) is 6.29. The van der Waals surface area contributed by atoms with Crippen LogP contribution < -0.4 is 10.5 Å². The molecule has 1 unspecified atom stereocenters. The first-order valence-electron chi connectivity index (χ1n) is 6.29. The molecule has 0 radical (unpaired) electrons. The molecule has 98 valence electrons. The lowest BCUT2D eigenvalue weighted by molar-refractivity contribution is 0.0784. The molecule has 4 nitrogen and oxygen atoms in total. The van der Waals surface area contributed by atoms with E-state index in [2.05, 4.69) is 0 Å². The van der Waals surface area contributed by atoms with E-state index in [1.54, 1.807) is 7.11 Å². The van der Waals surface area contributed by atoms with Crippen molar-refractivity contribution in [2.75, 3.05) is 26.7 Å². The van der Waals surface area contributed by atoms with E-state index in [4.69, 9.17) is 10.5 Å². The highest BCUT2D eigenvalue weighted by Crippen LogP contribution is 2.24. The Morgan fingerprint density at radius 1 is 1.56 bits per heavy atom. The summed E-state index contributed by atoms with van der Waals surface area (Å²) < 4.78 is 5.26. The van der Waals surface area contributed by atoms with Gasteiger partial charge in [0.05, 0.1) is 12.7 Å². The van der Waals surface area contributed by atoms with Crippen LogP contribution in [-0.2, 0) is 0 Å². The van der Waals surface area contributed by atoms with Gasteiger partial charge in [0, 0.05) is 13.1 Å². The minimum Gasteiger partial charge on any atom is -0.496 e. The maximum atomic E-state index is 12.4. The highest BCUT2D eigenvalue weighted by atomic mass is 16.5. The number of benzene rings is 1. The molecule has 0 spiro atoms. The van der Waals surface area contributed by atoms with Gasteiger partial charge < -0.3 is 15.4 Å². The van der Waals surface area contributed by atoms with Gasteiger partial charge in [0.2, 0.25) is 0 Å². The maximum Gasteiger partial charge on any atom is 0.257 e. The zero-order chi connectivity index (χ0) is 13.1. The topological polar surface area (TPSA) is 55.6 Å². The SMILES string of the molecule is COc1ccc(C)cc1C(=O)N1CCC(CN)C1. The fourth-order valence-corrected chi connectivity index (χ4v) is 2.37. The van der Waals surface area contributed by atoms with Gasteiger partial charge >= 0.3 is 0 Å². The van der Waals surface area contributed by atoms with E-state index in [9.17, 15) is 4.79 Å². The van der Waals surface area contributed by atoms with Crippen LogP contribution in [0.5, 0.6) is 5.75 Å². The molecule has 1 aromatic carbocycles. The van der Waals surface area contributed by atoms with Crippen molar-refractivity contribution in [2.45, 2.75) is 13.3 Å². The number of methoxy groups -OCH3 is 1. The molecular weight excluding hydrogens is 228 g/mol. The van der Waals surface area contributed by atoms with Crippen LogP contribution in [0.25, 0.3) is 0 Å². The van der Waals surface area contributed by atoms with Crippen LogP contribution in [0.3, 0.4) is 0 Å². The van der Waals surface area contributed by atoms with E-state index in [0.717, 1.165) is 25.1 Å². The van der Waals surface area contributed by atoms with E-state index in [-0.39, 0.29) is 5.91 Å². The van der Waals surface area contributed by atoms with Gasteiger partial charge in [-0.2, -0.15) is 0 Å². The predicted octanol–water partition coefficient (Wildman–Crippen LogP) is 1.42. The van der Waals surface area contributed by atoms with Crippen LogP contribution in [-0.4, -0.2) is 37.6 Å². The van der Waals surface area contributed by atoms with Crippen LogP contribution in [0.4, 0.5) is 0 Å². The highest BCUT2D eigenvalue weighted by Gasteiger charge is 2.27. The van der Waals surface area contributed by atoms with Gasteiger partial charge in [-0.3, -0.25) is 4.79 Å². The maximum absolute atomic E-state index is 12.4. The average molecular weight is 248 g/mol. The van der Waals surface area contributed by atoms with Gasteiger partial charge in [0.1, 0.15) is 5.75 Å². The molecule has 0 saturated carbocycles. The number of hydrogen-bond acceptors (Lipinski definition) is 3. The number of nitrogens with zero attached hydrogens (tertiary/aromatic N) is 1. The molecular formula is C14H20N2O2. The molecule has 1 amide bonds. The van der Waals surface area contributed by atoms with Crippen molar-refractivity contribution in [1.29, 1.82) is 0 Å². The van der Waals surface area contributed by atoms with Crippen LogP contribution in [0.15, 0.2) is 18.2 Å². The largest absolute Gasteiger partial charge is 0.496 e. The first-order chi connectivity index (χ1) is 8.65. The normalized spacial score (nSPS) is 19.1. The average Bonchev–Trinajstić information content (AvgIpc) is 2.86. The van der Waals surface area contributed by atoms with Gasteiger partial charge in [0.25, 0.3) is 5.91 Å². The second kappa shape index (κ2) is 5.40. The van der Waals surface area contributed by atoms with Gasteiger partial charge in [-0.15, -0.1) is 0 Å². The molecule has 0 aromatic heterocycles. The zero-order valence-electron chi connectivity index (χ0n) is 11.0. The van der Waals surface area contributed by atoms with E-state index < -0.39 is 0 Å². The molecule has 1 aromatic rings. The lowest BCUT2D eigenvalue weighted by Gasteiger charge is -2.18. The Bertz CT molecular complexity index is 445. The van der Waals surface area contributed by atoms with E-state index >= 15 is 0 Å².